The molecule has 102 valence electrons. The number of rotatable bonds is 7. The zero-order valence-corrected chi connectivity index (χ0v) is 12.6. The monoisotopic (exact) mass is 266 g/mol. The van der Waals surface area contributed by atoms with E-state index in [1.807, 2.05) is 0 Å². The Morgan fingerprint density at radius 1 is 1.44 bits per heavy atom. The molecule has 1 aromatic rings. The van der Waals surface area contributed by atoms with Crippen molar-refractivity contribution >= 4 is 11.3 Å². The molecule has 1 unspecified atom stereocenters. The molecule has 2 rings (SSSR count). The van der Waals surface area contributed by atoms with Gasteiger partial charge in [-0.05, 0) is 32.2 Å². The van der Waals surface area contributed by atoms with Gasteiger partial charge < -0.3 is 5.32 Å². The molecule has 0 bridgehead atoms. The van der Waals surface area contributed by atoms with Gasteiger partial charge in [-0.15, -0.1) is 11.3 Å². The highest BCUT2D eigenvalue weighted by molar-refractivity contribution is 7.09. The molecule has 2 nitrogen and oxygen atoms in total. The van der Waals surface area contributed by atoms with E-state index in [1.165, 1.54) is 49.2 Å². The Bertz CT molecular complexity index is 342. The Labute approximate surface area is 115 Å². The number of nitrogens with zero attached hydrogens (tertiary/aromatic N) is 1. The first kappa shape index (κ1) is 14.0. The lowest BCUT2D eigenvalue weighted by atomic mass is 9.95. The Hall–Kier alpha value is -0.410. The number of aryl methyl sites for hydroxylation is 1. The Balaban J connectivity index is 1.86. The van der Waals surface area contributed by atoms with Crippen molar-refractivity contribution in [1.82, 2.24) is 10.3 Å². The molecule has 1 aliphatic rings. The minimum absolute atomic E-state index is 0.634. The summed E-state index contributed by atoms with van der Waals surface area (Å²) < 4.78 is 0. The number of nitrogens with one attached hydrogen (secondary N) is 1. The molecule has 1 heterocycles. The summed E-state index contributed by atoms with van der Waals surface area (Å²) in [6.07, 6.45) is 9.46. The van der Waals surface area contributed by atoms with Crippen LogP contribution in [0.5, 0.6) is 0 Å². The fraction of sp³-hybridized carbons (Fsp3) is 0.800. The van der Waals surface area contributed by atoms with Crippen LogP contribution in [0.4, 0.5) is 0 Å². The summed E-state index contributed by atoms with van der Waals surface area (Å²) in [4.78, 5) is 4.61. The largest absolute Gasteiger partial charge is 0.314 e. The molecule has 0 saturated heterocycles. The van der Waals surface area contributed by atoms with Crippen molar-refractivity contribution in [2.24, 2.45) is 5.92 Å². The van der Waals surface area contributed by atoms with E-state index in [0.717, 1.165) is 18.9 Å². The zero-order valence-electron chi connectivity index (χ0n) is 11.7. The van der Waals surface area contributed by atoms with E-state index < -0.39 is 0 Å². The van der Waals surface area contributed by atoms with Gasteiger partial charge in [0.2, 0.25) is 0 Å². The molecule has 0 aliphatic heterocycles. The van der Waals surface area contributed by atoms with E-state index >= 15 is 0 Å². The summed E-state index contributed by atoms with van der Waals surface area (Å²) in [5.41, 5.74) is 1.28. The van der Waals surface area contributed by atoms with Crippen molar-refractivity contribution in [3.8, 4) is 0 Å². The van der Waals surface area contributed by atoms with Gasteiger partial charge in [0.1, 0.15) is 0 Å². The van der Waals surface area contributed by atoms with Crippen LogP contribution in [-0.4, -0.2) is 17.6 Å². The van der Waals surface area contributed by atoms with E-state index in [4.69, 9.17) is 0 Å². The van der Waals surface area contributed by atoms with Crippen molar-refractivity contribution in [2.75, 3.05) is 6.54 Å². The third-order valence-corrected chi connectivity index (χ3v) is 4.72. The molecule has 1 saturated carbocycles. The topological polar surface area (TPSA) is 24.9 Å². The molecular weight excluding hydrogens is 240 g/mol. The first-order chi connectivity index (χ1) is 8.78. The SMILES string of the molecule is CCCNC(Cc1csc(C)n1)CC1CCCC1. The smallest absolute Gasteiger partial charge is 0.0897 e. The maximum absolute atomic E-state index is 4.61. The first-order valence-corrected chi connectivity index (χ1v) is 8.30. The van der Waals surface area contributed by atoms with Crippen LogP contribution in [0, 0.1) is 12.8 Å². The number of thiazole rings is 1. The Morgan fingerprint density at radius 2 is 2.22 bits per heavy atom. The minimum atomic E-state index is 0.634. The molecule has 0 spiro atoms. The average molecular weight is 266 g/mol. The van der Waals surface area contributed by atoms with Gasteiger partial charge >= 0.3 is 0 Å². The Morgan fingerprint density at radius 3 is 2.83 bits per heavy atom. The molecule has 1 N–H and O–H groups in total. The molecule has 0 amide bonds. The van der Waals surface area contributed by atoms with Gasteiger partial charge in [-0.25, -0.2) is 4.98 Å². The van der Waals surface area contributed by atoms with Gasteiger partial charge in [-0.2, -0.15) is 0 Å². The maximum atomic E-state index is 4.61. The molecule has 0 aromatic carbocycles. The highest BCUT2D eigenvalue weighted by Crippen LogP contribution is 2.29. The van der Waals surface area contributed by atoms with Gasteiger partial charge in [0.15, 0.2) is 0 Å². The van der Waals surface area contributed by atoms with Gasteiger partial charge in [-0.3, -0.25) is 0 Å². The lowest BCUT2D eigenvalue weighted by Gasteiger charge is -2.21. The normalized spacial score (nSPS) is 18.3. The number of hydrogen-bond acceptors (Lipinski definition) is 3. The highest BCUT2D eigenvalue weighted by atomic mass is 32.1. The summed E-state index contributed by atoms with van der Waals surface area (Å²) >= 11 is 1.77. The number of hydrogen-bond donors (Lipinski definition) is 1. The van der Waals surface area contributed by atoms with Crippen LogP contribution in [-0.2, 0) is 6.42 Å². The van der Waals surface area contributed by atoms with Crippen LogP contribution in [0.1, 0.15) is 56.2 Å². The van der Waals surface area contributed by atoms with E-state index in [1.54, 1.807) is 11.3 Å². The lowest BCUT2D eigenvalue weighted by molar-refractivity contribution is 0.383. The second-order valence-corrected chi connectivity index (χ2v) is 6.66. The predicted molar refractivity (Wildman–Crippen MR) is 79.2 cm³/mol. The van der Waals surface area contributed by atoms with Crippen molar-refractivity contribution in [1.29, 1.82) is 0 Å². The summed E-state index contributed by atoms with van der Waals surface area (Å²) in [7, 11) is 0. The lowest BCUT2D eigenvalue weighted by Crippen LogP contribution is -2.33. The molecular formula is C15H26N2S. The summed E-state index contributed by atoms with van der Waals surface area (Å²) in [5, 5.41) is 7.14. The first-order valence-electron chi connectivity index (χ1n) is 7.42. The van der Waals surface area contributed by atoms with Crippen LogP contribution in [0.3, 0.4) is 0 Å². The van der Waals surface area contributed by atoms with Crippen molar-refractivity contribution in [3.63, 3.8) is 0 Å². The van der Waals surface area contributed by atoms with Crippen LogP contribution in [0.2, 0.25) is 0 Å². The van der Waals surface area contributed by atoms with Crippen LogP contribution in [0.15, 0.2) is 5.38 Å². The van der Waals surface area contributed by atoms with Crippen molar-refractivity contribution < 1.29 is 0 Å². The minimum Gasteiger partial charge on any atom is -0.314 e. The summed E-state index contributed by atoms with van der Waals surface area (Å²) in [5.74, 6) is 0.957. The summed E-state index contributed by atoms with van der Waals surface area (Å²) in [6, 6.07) is 0.634. The van der Waals surface area contributed by atoms with Crippen molar-refractivity contribution in [2.45, 2.75) is 64.8 Å². The van der Waals surface area contributed by atoms with Crippen LogP contribution < -0.4 is 5.32 Å². The fourth-order valence-electron chi connectivity index (χ4n) is 2.99. The van der Waals surface area contributed by atoms with Crippen molar-refractivity contribution in [3.05, 3.63) is 16.1 Å². The van der Waals surface area contributed by atoms with Gasteiger partial charge in [0, 0.05) is 17.8 Å². The quantitative estimate of drug-likeness (QED) is 0.808. The van der Waals surface area contributed by atoms with Gasteiger partial charge in [0.05, 0.1) is 10.7 Å². The van der Waals surface area contributed by atoms with E-state index in [9.17, 15) is 0 Å². The van der Waals surface area contributed by atoms with Gasteiger partial charge in [0.25, 0.3) is 0 Å². The average Bonchev–Trinajstić information content (AvgIpc) is 2.98. The molecule has 1 aliphatic carbocycles. The molecule has 3 heteroatoms. The molecule has 1 fully saturated rings. The highest BCUT2D eigenvalue weighted by Gasteiger charge is 2.20. The second kappa shape index (κ2) is 7.25. The molecule has 18 heavy (non-hydrogen) atoms. The third kappa shape index (κ3) is 4.36. The summed E-state index contributed by atoms with van der Waals surface area (Å²) in [6.45, 7) is 5.48. The fourth-order valence-corrected chi connectivity index (χ4v) is 3.62. The molecule has 1 aromatic heterocycles. The van der Waals surface area contributed by atoms with E-state index in [0.29, 0.717) is 6.04 Å². The molecule has 0 radical (unpaired) electrons. The maximum Gasteiger partial charge on any atom is 0.0897 e. The number of aromatic nitrogens is 1. The predicted octanol–water partition coefficient (Wildman–Crippen LogP) is 3.94. The van der Waals surface area contributed by atoms with E-state index in [-0.39, 0.29) is 0 Å². The van der Waals surface area contributed by atoms with E-state index in [2.05, 4.69) is 29.5 Å². The van der Waals surface area contributed by atoms with Crippen LogP contribution >= 0.6 is 11.3 Å². The zero-order chi connectivity index (χ0) is 12.8. The Kier molecular flexibility index (Phi) is 5.64. The molecule has 1 atom stereocenters. The van der Waals surface area contributed by atoms with Gasteiger partial charge in [-0.1, -0.05) is 32.6 Å². The third-order valence-electron chi connectivity index (χ3n) is 3.90. The van der Waals surface area contributed by atoms with Crippen LogP contribution in [0.25, 0.3) is 0 Å². The second-order valence-electron chi connectivity index (χ2n) is 5.60. The standard InChI is InChI=1S/C15H26N2S/c1-3-8-16-14(9-13-6-4-5-7-13)10-15-11-18-12(2)17-15/h11,13-14,16H,3-10H2,1-2H3.